The minimum Gasteiger partial charge on any atom is -0.0656 e. The molecule has 1 rings (SSSR count). The summed E-state index contributed by atoms with van der Waals surface area (Å²) in [6.45, 7) is 15.5. The zero-order valence-corrected chi connectivity index (χ0v) is 12.1. The van der Waals surface area contributed by atoms with E-state index < -0.39 is 0 Å². The van der Waals surface area contributed by atoms with E-state index in [1.807, 2.05) is 0 Å². The predicted octanol–water partition coefficient (Wildman–Crippen LogP) is 5.52. The molecule has 0 bridgehead atoms. The molecule has 1 aromatic carbocycles. The van der Waals surface area contributed by atoms with Crippen LogP contribution in [0.1, 0.15) is 71.9 Å². The maximum atomic E-state index is 2.32. The summed E-state index contributed by atoms with van der Waals surface area (Å²) in [6, 6.07) is 8.91. The SMILES string of the molecule is CC(C)c1cccc(C(C)(C)C)c1.CCC. The summed E-state index contributed by atoms with van der Waals surface area (Å²) < 4.78 is 0. The van der Waals surface area contributed by atoms with Crippen LogP contribution in [0.25, 0.3) is 0 Å². The van der Waals surface area contributed by atoms with Crippen LogP contribution in [0.3, 0.4) is 0 Å². The largest absolute Gasteiger partial charge is 0.0656 e. The Morgan fingerprint density at radius 2 is 1.56 bits per heavy atom. The molecule has 1 aromatic rings. The zero-order valence-electron chi connectivity index (χ0n) is 12.1. The van der Waals surface area contributed by atoms with Gasteiger partial charge in [0.1, 0.15) is 0 Å². The van der Waals surface area contributed by atoms with E-state index in [1.54, 1.807) is 0 Å². The molecular weight excluding hydrogens is 192 g/mol. The van der Waals surface area contributed by atoms with E-state index in [1.165, 1.54) is 17.5 Å². The monoisotopic (exact) mass is 220 g/mol. The number of rotatable bonds is 1. The van der Waals surface area contributed by atoms with Crippen LogP contribution in [-0.4, -0.2) is 0 Å². The van der Waals surface area contributed by atoms with Crippen LogP contribution in [0.4, 0.5) is 0 Å². The van der Waals surface area contributed by atoms with Crippen LogP contribution in [0.15, 0.2) is 24.3 Å². The van der Waals surface area contributed by atoms with Crippen molar-refractivity contribution in [3.05, 3.63) is 35.4 Å². The van der Waals surface area contributed by atoms with E-state index in [4.69, 9.17) is 0 Å². The van der Waals surface area contributed by atoms with Crippen molar-refractivity contribution in [1.29, 1.82) is 0 Å². The lowest BCUT2D eigenvalue weighted by Crippen LogP contribution is -2.11. The Kier molecular flexibility index (Phi) is 6.40. The highest BCUT2D eigenvalue weighted by Gasteiger charge is 2.13. The van der Waals surface area contributed by atoms with Crippen LogP contribution in [0.2, 0.25) is 0 Å². The molecule has 16 heavy (non-hydrogen) atoms. The Labute approximate surface area is 102 Å². The lowest BCUT2D eigenvalue weighted by atomic mass is 9.85. The van der Waals surface area contributed by atoms with Gasteiger partial charge in [-0.1, -0.05) is 79.2 Å². The van der Waals surface area contributed by atoms with Crippen molar-refractivity contribution in [2.75, 3.05) is 0 Å². The normalized spacial score (nSPS) is 11.0. The van der Waals surface area contributed by atoms with Gasteiger partial charge in [0.25, 0.3) is 0 Å². The smallest absolute Gasteiger partial charge is 0.0132 e. The van der Waals surface area contributed by atoms with Gasteiger partial charge in [-0.15, -0.1) is 0 Å². The highest BCUT2D eigenvalue weighted by Crippen LogP contribution is 2.25. The minimum atomic E-state index is 0.269. The molecule has 0 spiro atoms. The second kappa shape index (κ2) is 6.73. The maximum Gasteiger partial charge on any atom is -0.0132 e. The highest BCUT2D eigenvalue weighted by atomic mass is 14.2. The Balaban J connectivity index is 0.000000673. The van der Waals surface area contributed by atoms with Gasteiger partial charge in [-0.25, -0.2) is 0 Å². The van der Waals surface area contributed by atoms with Gasteiger partial charge in [0.15, 0.2) is 0 Å². The quantitative estimate of drug-likeness (QED) is 0.584. The highest BCUT2D eigenvalue weighted by molar-refractivity contribution is 5.30. The topological polar surface area (TPSA) is 0 Å². The maximum absolute atomic E-state index is 2.32. The first kappa shape index (κ1) is 15.2. The molecule has 0 fully saturated rings. The Morgan fingerprint density at radius 3 is 1.94 bits per heavy atom. The fraction of sp³-hybridized carbons (Fsp3) is 0.625. The first-order valence-corrected chi connectivity index (χ1v) is 6.43. The fourth-order valence-electron chi connectivity index (χ4n) is 1.36. The molecule has 0 nitrogen and oxygen atoms in total. The molecule has 0 heterocycles. The van der Waals surface area contributed by atoms with Crippen molar-refractivity contribution >= 4 is 0 Å². The Bertz CT molecular complexity index is 289. The van der Waals surface area contributed by atoms with Crippen molar-refractivity contribution in [2.24, 2.45) is 0 Å². The predicted molar refractivity (Wildman–Crippen MR) is 75.2 cm³/mol. The molecule has 0 saturated heterocycles. The first-order valence-electron chi connectivity index (χ1n) is 6.43. The van der Waals surface area contributed by atoms with Crippen molar-refractivity contribution in [1.82, 2.24) is 0 Å². The van der Waals surface area contributed by atoms with Gasteiger partial charge in [-0.05, 0) is 22.5 Å². The van der Waals surface area contributed by atoms with Crippen LogP contribution >= 0.6 is 0 Å². The van der Waals surface area contributed by atoms with Gasteiger partial charge >= 0.3 is 0 Å². The molecule has 0 aliphatic carbocycles. The summed E-state index contributed by atoms with van der Waals surface area (Å²) in [5, 5.41) is 0. The molecule has 0 aliphatic heterocycles. The van der Waals surface area contributed by atoms with Gasteiger partial charge < -0.3 is 0 Å². The number of hydrogen-bond donors (Lipinski definition) is 0. The molecule has 0 unspecified atom stereocenters. The average molecular weight is 220 g/mol. The average Bonchev–Trinajstić information content (AvgIpc) is 2.18. The van der Waals surface area contributed by atoms with E-state index in [-0.39, 0.29) is 5.41 Å². The van der Waals surface area contributed by atoms with Gasteiger partial charge in [0.2, 0.25) is 0 Å². The molecule has 0 aromatic heterocycles. The third-order valence-corrected chi connectivity index (χ3v) is 2.42. The summed E-state index contributed by atoms with van der Waals surface area (Å²) in [7, 11) is 0. The fourth-order valence-corrected chi connectivity index (χ4v) is 1.36. The van der Waals surface area contributed by atoms with Crippen molar-refractivity contribution < 1.29 is 0 Å². The molecule has 0 radical (unpaired) electrons. The number of hydrogen-bond acceptors (Lipinski definition) is 0. The third-order valence-electron chi connectivity index (χ3n) is 2.42. The van der Waals surface area contributed by atoms with E-state index in [9.17, 15) is 0 Å². The van der Waals surface area contributed by atoms with Gasteiger partial charge in [-0.2, -0.15) is 0 Å². The van der Waals surface area contributed by atoms with Crippen LogP contribution in [-0.2, 0) is 5.41 Å². The molecular formula is C16H28. The van der Waals surface area contributed by atoms with Gasteiger partial charge in [0, 0.05) is 0 Å². The van der Waals surface area contributed by atoms with Crippen molar-refractivity contribution in [3.8, 4) is 0 Å². The van der Waals surface area contributed by atoms with Crippen molar-refractivity contribution in [3.63, 3.8) is 0 Å². The van der Waals surface area contributed by atoms with Crippen LogP contribution in [0.5, 0.6) is 0 Å². The second-order valence-electron chi connectivity index (χ2n) is 5.74. The van der Waals surface area contributed by atoms with Crippen LogP contribution in [0, 0.1) is 0 Å². The lowest BCUT2D eigenvalue weighted by molar-refractivity contribution is 0.588. The minimum absolute atomic E-state index is 0.269. The summed E-state index contributed by atoms with van der Waals surface area (Å²) in [6.07, 6.45) is 1.25. The van der Waals surface area contributed by atoms with Crippen LogP contribution < -0.4 is 0 Å². The molecule has 0 N–H and O–H groups in total. The van der Waals surface area contributed by atoms with Crippen molar-refractivity contribution in [2.45, 2.75) is 66.2 Å². The van der Waals surface area contributed by atoms with E-state index in [0.29, 0.717) is 5.92 Å². The molecule has 0 heteroatoms. The zero-order chi connectivity index (χ0) is 12.8. The molecule has 0 amide bonds. The van der Waals surface area contributed by atoms with Gasteiger partial charge in [0.05, 0.1) is 0 Å². The van der Waals surface area contributed by atoms with E-state index in [2.05, 4.69) is 72.7 Å². The summed E-state index contributed by atoms with van der Waals surface area (Å²) in [5.41, 5.74) is 3.14. The van der Waals surface area contributed by atoms with E-state index in [0.717, 1.165) is 0 Å². The second-order valence-corrected chi connectivity index (χ2v) is 5.74. The van der Waals surface area contributed by atoms with Gasteiger partial charge in [-0.3, -0.25) is 0 Å². The molecule has 0 aliphatic rings. The Morgan fingerprint density at radius 1 is 1.06 bits per heavy atom. The molecule has 92 valence electrons. The lowest BCUT2D eigenvalue weighted by Gasteiger charge is -2.20. The summed E-state index contributed by atoms with van der Waals surface area (Å²) in [5.74, 6) is 0.627. The molecule has 0 saturated carbocycles. The van der Waals surface area contributed by atoms with E-state index >= 15 is 0 Å². The number of benzene rings is 1. The third kappa shape index (κ3) is 5.34. The summed E-state index contributed by atoms with van der Waals surface area (Å²) >= 11 is 0. The first-order chi connectivity index (χ1) is 7.32. The summed E-state index contributed by atoms with van der Waals surface area (Å²) in [4.78, 5) is 0. The standard InChI is InChI=1S/C13H20.C3H8/c1-10(2)11-7-6-8-12(9-11)13(3,4)5;1-3-2/h6-10H,1-5H3;3H2,1-2H3. The molecule has 0 atom stereocenters. The Hall–Kier alpha value is -0.780.